The van der Waals surface area contributed by atoms with Gasteiger partial charge in [-0.25, -0.2) is 4.79 Å². The Morgan fingerprint density at radius 2 is 2.05 bits per heavy atom. The van der Waals surface area contributed by atoms with Crippen molar-refractivity contribution in [1.29, 1.82) is 0 Å². The van der Waals surface area contributed by atoms with E-state index in [1.165, 1.54) is 7.11 Å². The first-order valence-corrected chi connectivity index (χ1v) is 6.61. The van der Waals surface area contributed by atoms with Gasteiger partial charge >= 0.3 is 5.97 Å². The van der Waals surface area contributed by atoms with E-state index in [0.29, 0.717) is 18.2 Å². The van der Waals surface area contributed by atoms with Crippen LogP contribution in [0.2, 0.25) is 0 Å². The molecule has 0 atom stereocenters. The summed E-state index contributed by atoms with van der Waals surface area (Å²) in [5.74, 6) is -0.304. The molecular formula is C15H23NO3. The normalized spacial score (nSPS) is 11.1. The molecular weight excluding hydrogens is 242 g/mol. The van der Waals surface area contributed by atoms with Gasteiger partial charge in [-0.3, -0.25) is 4.90 Å². The number of methoxy groups -OCH3 is 1. The third-order valence-corrected chi connectivity index (χ3v) is 3.13. The number of aliphatic hydroxyl groups is 1. The minimum absolute atomic E-state index is 0.182. The lowest BCUT2D eigenvalue weighted by atomic mass is 10.1. The van der Waals surface area contributed by atoms with E-state index < -0.39 is 0 Å². The molecule has 1 rings (SSSR count). The number of rotatable bonds is 7. The topological polar surface area (TPSA) is 49.8 Å². The highest BCUT2D eigenvalue weighted by molar-refractivity contribution is 5.90. The van der Waals surface area contributed by atoms with Gasteiger partial charge in [-0.15, -0.1) is 0 Å². The van der Waals surface area contributed by atoms with Crippen LogP contribution in [0.5, 0.6) is 0 Å². The maximum atomic E-state index is 11.7. The molecule has 1 N–H and O–H groups in total. The fraction of sp³-hybridized carbons (Fsp3) is 0.533. The number of carbonyl (C=O) groups excluding carboxylic acids is 1. The van der Waals surface area contributed by atoms with E-state index in [-0.39, 0.29) is 12.6 Å². The van der Waals surface area contributed by atoms with Crippen LogP contribution in [0.1, 0.15) is 36.2 Å². The van der Waals surface area contributed by atoms with E-state index in [1.54, 1.807) is 6.07 Å². The summed E-state index contributed by atoms with van der Waals surface area (Å²) in [5.41, 5.74) is 1.57. The first-order valence-electron chi connectivity index (χ1n) is 6.61. The predicted molar refractivity (Wildman–Crippen MR) is 75.0 cm³/mol. The predicted octanol–water partition coefficient (Wildman–Crippen LogP) is 2.07. The van der Waals surface area contributed by atoms with Crippen LogP contribution in [0.15, 0.2) is 24.3 Å². The summed E-state index contributed by atoms with van der Waals surface area (Å²) >= 11 is 0. The van der Waals surface area contributed by atoms with Gasteiger partial charge in [-0.1, -0.05) is 18.2 Å². The molecule has 0 fully saturated rings. The molecule has 0 aliphatic rings. The summed E-state index contributed by atoms with van der Waals surface area (Å²) < 4.78 is 4.80. The lowest BCUT2D eigenvalue weighted by Gasteiger charge is -2.27. The number of benzene rings is 1. The van der Waals surface area contributed by atoms with Crippen molar-refractivity contribution in [2.45, 2.75) is 32.9 Å². The first-order chi connectivity index (χ1) is 9.10. The van der Waals surface area contributed by atoms with Crippen LogP contribution in [0.25, 0.3) is 0 Å². The zero-order chi connectivity index (χ0) is 14.3. The van der Waals surface area contributed by atoms with Gasteiger partial charge in [-0.2, -0.15) is 0 Å². The molecule has 0 spiro atoms. The fourth-order valence-electron chi connectivity index (χ4n) is 1.98. The monoisotopic (exact) mass is 265 g/mol. The highest BCUT2D eigenvalue weighted by atomic mass is 16.5. The number of hydrogen-bond acceptors (Lipinski definition) is 4. The third kappa shape index (κ3) is 4.65. The van der Waals surface area contributed by atoms with Crippen molar-refractivity contribution in [3.63, 3.8) is 0 Å². The lowest BCUT2D eigenvalue weighted by molar-refractivity contribution is 0.0597. The van der Waals surface area contributed by atoms with Gasteiger partial charge in [0.25, 0.3) is 0 Å². The molecule has 0 aliphatic carbocycles. The number of aliphatic hydroxyl groups excluding tert-OH is 1. The Bertz CT molecular complexity index is 404. The van der Waals surface area contributed by atoms with Gasteiger partial charge in [0, 0.05) is 25.7 Å². The molecule has 0 aliphatic heterocycles. The van der Waals surface area contributed by atoms with Crippen LogP contribution < -0.4 is 0 Å². The summed E-state index contributed by atoms with van der Waals surface area (Å²) in [4.78, 5) is 14.0. The highest BCUT2D eigenvalue weighted by Gasteiger charge is 2.15. The summed E-state index contributed by atoms with van der Waals surface area (Å²) in [7, 11) is 1.39. The Labute approximate surface area is 115 Å². The molecule has 0 bridgehead atoms. The van der Waals surface area contributed by atoms with Crippen molar-refractivity contribution in [1.82, 2.24) is 4.90 Å². The summed E-state index contributed by atoms with van der Waals surface area (Å²) in [6.45, 7) is 5.89. The summed E-state index contributed by atoms with van der Waals surface area (Å²) in [6, 6.07) is 7.85. The maximum Gasteiger partial charge on any atom is 0.338 e. The molecule has 0 saturated carbocycles. The van der Waals surface area contributed by atoms with Gasteiger partial charge in [0.1, 0.15) is 0 Å². The van der Waals surface area contributed by atoms with E-state index >= 15 is 0 Å². The summed E-state index contributed by atoms with van der Waals surface area (Å²) in [5, 5.41) is 8.94. The second kappa shape index (κ2) is 7.92. The maximum absolute atomic E-state index is 11.7. The average Bonchev–Trinajstić information content (AvgIpc) is 2.42. The van der Waals surface area contributed by atoms with Crippen molar-refractivity contribution in [2.24, 2.45) is 0 Å². The zero-order valence-corrected chi connectivity index (χ0v) is 11.9. The molecule has 0 heterocycles. The summed E-state index contributed by atoms with van der Waals surface area (Å²) in [6.07, 6.45) is 0.735. The number of hydrogen-bond donors (Lipinski definition) is 1. The molecule has 0 amide bonds. The van der Waals surface area contributed by atoms with E-state index in [0.717, 1.165) is 18.5 Å². The highest BCUT2D eigenvalue weighted by Crippen LogP contribution is 2.15. The Kier molecular flexibility index (Phi) is 6.53. The Morgan fingerprint density at radius 3 is 2.63 bits per heavy atom. The standard InChI is InChI=1S/C15H23NO3/c1-12(2)16(9-6-10-17)11-13-7-4-5-8-14(13)15(18)19-3/h4-5,7-8,12,17H,6,9-11H2,1-3H3. The molecule has 1 aromatic carbocycles. The number of ether oxygens (including phenoxy) is 1. The van der Waals surface area contributed by atoms with Gasteiger partial charge in [-0.05, 0) is 31.9 Å². The zero-order valence-electron chi connectivity index (χ0n) is 11.9. The molecule has 0 aromatic heterocycles. The van der Waals surface area contributed by atoms with Gasteiger partial charge in [0.15, 0.2) is 0 Å². The molecule has 4 nitrogen and oxygen atoms in total. The van der Waals surface area contributed by atoms with Crippen LogP contribution >= 0.6 is 0 Å². The van der Waals surface area contributed by atoms with Gasteiger partial charge in [0.2, 0.25) is 0 Å². The van der Waals surface area contributed by atoms with Crippen LogP contribution in [0.3, 0.4) is 0 Å². The quantitative estimate of drug-likeness (QED) is 0.767. The Morgan fingerprint density at radius 1 is 1.37 bits per heavy atom. The van der Waals surface area contributed by atoms with E-state index in [9.17, 15) is 4.79 Å². The van der Waals surface area contributed by atoms with Crippen LogP contribution in [-0.2, 0) is 11.3 Å². The first kappa shape index (κ1) is 15.7. The van der Waals surface area contributed by atoms with Crippen molar-refractivity contribution in [3.8, 4) is 0 Å². The minimum Gasteiger partial charge on any atom is -0.465 e. The second-order valence-corrected chi connectivity index (χ2v) is 4.79. The molecule has 0 saturated heterocycles. The molecule has 1 aromatic rings. The van der Waals surface area contributed by atoms with Crippen molar-refractivity contribution < 1.29 is 14.6 Å². The second-order valence-electron chi connectivity index (χ2n) is 4.79. The van der Waals surface area contributed by atoms with E-state index in [1.807, 2.05) is 18.2 Å². The fourth-order valence-corrected chi connectivity index (χ4v) is 1.98. The van der Waals surface area contributed by atoms with Crippen molar-refractivity contribution >= 4 is 5.97 Å². The molecule has 19 heavy (non-hydrogen) atoms. The Balaban J connectivity index is 2.86. The number of nitrogens with zero attached hydrogens (tertiary/aromatic N) is 1. The van der Waals surface area contributed by atoms with E-state index in [4.69, 9.17) is 9.84 Å². The number of esters is 1. The van der Waals surface area contributed by atoms with Crippen LogP contribution in [-0.4, -0.2) is 42.3 Å². The van der Waals surface area contributed by atoms with Gasteiger partial charge < -0.3 is 9.84 Å². The van der Waals surface area contributed by atoms with Crippen molar-refractivity contribution in [2.75, 3.05) is 20.3 Å². The van der Waals surface area contributed by atoms with E-state index in [2.05, 4.69) is 18.7 Å². The van der Waals surface area contributed by atoms with Crippen LogP contribution in [0, 0.1) is 0 Å². The molecule has 106 valence electrons. The van der Waals surface area contributed by atoms with Crippen molar-refractivity contribution in [3.05, 3.63) is 35.4 Å². The Hall–Kier alpha value is -1.39. The average molecular weight is 265 g/mol. The van der Waals surface area contributed by atoms with Gasteiger partial charge in [0.05, 0.1) is 12.7 Å². The minimum atomic E-state index is -0.304. The number of carbonyl (C=O) groups is 1. The molecule has 0 radical (unpaired) electrons. The molecule has 4 heteroatoms. The largest absolute Gasteiger partial charge is 0.465 e. The van der Waals surface area contributed by atoms with Crippen LogP contribution in [0.4, 0.5) is 0 Å². The lowest BCUT2D eigenvalue weighted by Crippen LogP contribution is -2.32. The smallest absolute Gasteiger partial charge is 0.338 e. The SMILES string of the molecule is COC(=O)c1ccccc1CN(CCCO)C(C)C. The molecule has 0 unspecified atom stereocenters. The third-order valence-electron chi connectivity index (χ3n) is 3.13.